The summed E-state index contributed by atoms with van der Waals surface area (Å²) in [5.74, 6) is 0.125. The molecule has 0 aromatic heterocycles. The van der Waals surface area contributed by atoms with Crippen LogP contribution in [0.3, 0.4) is 0 Å². The Morgan fingerprint density at radius 2 is 1.74 bits per heavy atom. The van der Waals surface area contributed by atoms with E-state index < -0.39 is 21.8 Å². The largest absolute Gasteiger partial charge is 0.497 e. The van der Waals surface area contributed by atoms with Gasteiger partial charge in [-0.1, -0.05) is 6.42 Å². The molecule has 3 rings (SSSR count). The van der Waals surface area contributed by atoms with Crippen LogP contribution >= 0.6 is 0 Å². The standard InChI is InChI=1S/C23H28N4O6S/c1-32-19-8-11-21(33-2)18(14-19)15-25-26-22(28)16-24-23(29)17-6-9-20(10-7-17)34(30,31)27-12-4-3-5-13-27/h6-11,14-15H,3-5,12-13,16H2,1-2H3,(H,24,29)(H,26,28)/b25-15+. The maximum atomic E-state index is 12.7. The lowest BCUT2D eigenvalue weighted by Crippen LogP contribution is -2.36. The minimum Gasteiger partial charge on any atom is -0.497 e. The van der Waals surface area contributed by atoms with Crippen LogP contribution in [0.15, 0.2) is 52.5 Å². The average Bonchev–Trinajstić information content (AvgIpc) is 2.87. The van der Waals surface area contributed by atoms with Gasteiger partial charge in [0.1, 0.15) is 11.5 Å². The number of carbonyl (C=O) groups is 2. The van der Waals surface area contributed by atoms with Crippen LogP contribution in [-0.4, -0.2) is 64.6 Å². The van der Waals surface area contributed by atoms with Gasteiger partial charge in [-0.05, 0) is 55.3 Å². The van der Waals surface area contributed by atoms with Gasteiger partial charge in [-0.25, -0.2) is 13.8 Å². The Morgan fingerprint density at radius 3 is 2.38 bits per heavy atom. The molecule has 2 aromatic carbocycles. The van der Waals surface area contributed by atoms with E-state index >= 15 is 0 Å². The molecule has 2 N–H and O–H groups in total. The molecule has 0 aliphatic carbocycles. The van der Waals surface area contributed by atoms with Gasteiger partial charge in [0, 0.05) is 24.2 Å². The number of hydrogen-bond donors (Lipinski definition) is 2. The predicted octanol–water partition coefficient (Wildman–Crippen LogP) is 1.76. The molecule has 0 unspecified atom stereocenters. The van der Waals surface area contributed by atoms with E-state index in [0.29, 0.717) is 30.2 Å². The first kappa shape index (κ1) is 25.2. The summed E-state index contributed by atoms with van der Waals surface area (Å²) in [6.45, 7) is 0.707. The predicted molar refractivity (Wildman–Crippen MR) is 127 cm³/mol. The quantitative estimate of drug-likeness (QED) is 0.409. The number of rotatable bonds is 9. The molecule has 11 heteroatoms. The molecule has 1 saturated heterocycles. The second-order valence-corrected chi connectivity index (χ2v) is 9.51. The van der Waals surface area contributed by atoms with Crippen molar-refractivity contribution >= 4 is 28.1 Å². The lowest BCUT2D eigenvalue weighted by Gasteiger charge is -2.25. The number of sulfonamides is 1. The number of nitrogens with one attached hydrogen (secondary N) is 2. The summed E-state index contributed by atoms with van der Waals surface area (Å²) in [4.78, 5) is 24.5. The number of ether oxygens (including phenoxy) is 2. The molecule has 0 bridgehead atoms. The van der Waals surface area contributed by atoms with Crippen molar-refractivity contribution in [1.82, 2.24) is 15.0 Å². The fourth-order valence-electron chi connectivity index (χ4n) is 3.45. The van der Waals surface area contributed by atoms with Gasteiger partial charge in [0.25, 0.3) is 11.8 Å². The Bertz CT molecular complexity index is 1140. The molecular formula is C23H28N4O6S. The molecule has 0 spiro atoms. The van der Waals surface area contributed by atoms with Crippen LogP contribution in [0.1, 0.15) is 35.2 Å². The lowest BCUT2D eigenvalue weighted by molar-refractivity contribution is -0.120. The van der Waals surface area contributed by atoms with Gasteiger partial charge < -0.3 is 14.8 Å². The summed E-state index contributed by atoms with van der Waals surface area (Å²) in [5, 5.41) is 6.36. The van der Waals surface area contributed by atoms with Crippen LogP contribution in [0.5, 0.6) is 11.5 Å². The van der Waals surface area contributed by atoms with Gasteiger partial charge >= 0.3 is 0 Å². The maximum absolute atomic E-state index is 12.7. The molecule has 2 aromatic rings. The highest BCUT2D eigenvalue weighted by molar-refractivity contribution is 7.89. The van der Waals surface area contributed by atoms with Gasteiger partial charge in [-0.3, -0.25) is 9.59 Å². The number of benzene rings is 2. The topological polar surface area (TPSA) is 126 Å². The van der Waals surface area contributed by atoms with Crippen molar-refractivity contribution in [2.24, 2.45) is 5.10 Å². The third-order valence-corrected chi connectivity index (χ3v) is 7.22. The van der Waals surface area contributed by atoms with Crippen molar-refractivity contribution in [3.63, 3.8) is 0 Å². The SMILES string of the molecule is COc1ccc(OC)c(/C=N/NC(=O)CNC(=O)c2ccc(S(=O)(=O)N3CCCCC3)cc2)c1. The molecule has 1 aliphatic heterocycles. The molecule has 2 amide bonds. The zero-order chi connectivity index (χ0) is 24.6. The summed E-state index contributed by atoms with van der Waals surface area (Å²) in [6, 6.07) is 10.8. The zero-order valence-electron chi connectivity index (χ0n) is 19.1. The highest BCUT2D eigenvalue weighted by Crippen LogP contribution is 2.22. The van der Waals surface area contributed by atoms with E-state index in [1.807, 2.05) is 0 Å². The number of nitrogens with zero attached hydrogens (tertiary/aromatic N) is 2. The fourth-order valence-corrected chi connectivity index (χ4v) is 4.97. The molecule has 0 atom stereocenters. The van der Waals surface area contributed by atoms with E-state index in [4.69, 9.17) is 9.47 Å². The van der Waals surface area contributed by atoms with Gasteiger partial charge in [-0.15, -0.1) is 0 Å². The van der Waals surface area contributed by atoms with E-state index in [0.717, 1.165) is 19.3 Å². The Balaban J connectivity index is 1.52. The summed E-state index contributed by atoms with van der Waals surface area (Å²) in [7, 11) is -0.515. The van der Waals surface area contributed by atoms with Gasteiger partial charge in [0.2, 0.25) is 10.0 Å². The van der Waals surface area contributed by atoms with Crippen LogP contribution in [0.25, 0.3) is 0 Å². The van der Waals surface area contributed by atoms with Crippen molar-refractivity contribution in [1.29, 1.82) is 0 Å². The summed E-state index contributed by atoms with van der Waals surface area (Å²) < 4.78 is 37.3. The van der Waals surface area contributed by atoms with E-state index in [-0.39, 0.29) is 17.0 Å². The van der Waals surface area contributed by atoms with Gasteiger partial charge in [0.05, 0.1) is 31.9 Å². The van der Waals surface area contributed by atoms with Gasteiger partial charge in [0.15, 0.2) is 0 Å². The molecular weight excluding hydrogens is 460 g/mol. The first-order chi connectivity index (χ1) is 16.3. The van der Waals surface area contributed by atoms with Crippen molar-refractivity contribution < 1.29 is 27.5 Å². The second-order valence-electron chi connectivity index (χ2n) is 7.57. The van der Waals surface area contributed by atoms with Crippen molar-refractivity contribution in [3.05, 3.63) is 53.6 Å². The monoisotopic (exact) mass is 488 g/mol. The number of hydrogen-bond acceptors (Lipinski definition) is 7. The molecule has 1 aliphatic rings. The van der Waals surface area contributed by atoms with Crippen molar-refractivity contribution in [2.45, 2.75) is 24.2 Å². The third-order valence-electron chi connectivity index (χ3n) is 5.31. The van der Waals surface area contributed by atoms with Gasteiger partial charge in [-0.2, -0.15) is 9.41 Å². The Morgan fingerprint density at radius 1 is 1.03 bits per heavy atom. The van der Waals surface area contributed by atoms with Crippen LogP contribution in [0.4, 0.5) is 0 Å². The number of carbonyl (C=O) groups excluding carboxylic acids is 2. The number of amides is 2. The highest BCUT2D eigenvalue weighted by Gasteiger charge is 2.25. The summed E-state index contributed by atoms with van der Waals surface area (Å²) in [5.41, 5.74) is 3.17. The third kappa shape index (κ3) is 6.33. The molecule has 1 heterocycles. The molecule has 0 saturated carbocycles. The van der Waals surface area contributed by atoms with E-state index in [2.05, 4.69) is 15.8 Å². The normalized spacial score (nSPS) is 14.5. The van der Waals surface area contributed by atoms with E-state index in [9.17, 15) is 18.0 Å². The Hall–Kier alpha value is -3.44. The van der Waals surface area contributed by atoms with Crippen molar-refractivity contribution in [2.75, 3.05) is 33.9 Å². The number of hydrazone groups is 1. The van der Waals surface area contributed by atoms with Crippen LogP contribution in [0.2, 0.25) is 0 Å². The summed E-state index contributed by atoms with van der Waals surface area (Å²) in [6.07, 6.45) is 4.12. The lowest BCUT2D eigenvalue weighted by atomic mass is 10.2. The van der Waals surface area contributed by atoms with E-state index in [1.165, 1.54) is 49.0 Å². The minimum atomic E-state index is -3.57. The van der Waals surface area contributed by atoms with Crippen molar-refractivity contribution in [3.8, 4) is 11.5 Å². The fraction of sp³-hybridized carbons (Fsp3) is 0.348. The molecule has 1 fully saturated rings. The smallest absolute Gasteiger partial charge is 0.259 e. The number of piperidine rings is 1. The maximum Gasteiger partial charge on any atom is 0.259 e. The van der Waals surface area contributed by atoms with Crippen LogP contribution in [0, 0.1) is 0 Å². The second kappa shape index (κ2) is 11.6. The highest BCUT2D eigenvalue weighted by atomic mass is 32.2. The molecule has 0 radical (unpaired) electrons. The first-order valence-corrected chi connectivity index (χ1v) is 12.2. The summed E-state index contributed by atoms with van der Waals surface area (Å²) >= 11 is 0. The minimum absolute atomic E-state index is 0.144. The Labute approximate surface area is 199 Å². The van der Waals surface area contributed by atoms with Crippen LogP contribution < -0.4 is 20.2 Å². The van der Waals surface area contributed by atoms with E-state index in [1.54, 1.807) is 18.2 Å². The molecule has 34 heavy (non-hydrogen) atoms. The van der Waals surface area contributed by atoms with Crippen LogP contribution in [-0.2, 0) is 14.8 Å². The molecule has 182 valence electrons. The Kier molecular flexibility index (Phi) is 8.61. The number of methoxy groups -OCH3 is 2. The first-order valence-electron chi connectivity index (χ1n) is 10.8. The zero-order valence-corrected chi connectivity index (χ0v) is 19.9. The average molecular weight is 489 g/mol. The molecule has 10 nitrogen and oxygen atoms in total.